The van der Waals surface area contributed by atoms with Gasteiger partial charge in [0.15, 0.2) is 5.11 Å². The van der Waals surface area contributed by atoms with Gasteiger partial charge in [-0.25, -0.2) is 0 Å². The summed E-state index contributed by atoms with van der Waals surface area (Å²) in [4.78, 5) is 6.79. The summed E-state index contributed by atoms with van der Waals surface area (Å²) in [5.41, 5.74) is 3.17. The second-order valence-corrected chi connectivity index (χ2v) is 7.43. The minimum absolute atomic E-state index is 0.0101. The first-order valence-corrected chi connectivity index (χ1v) is 10.5. The highest BCUT2D eigenvalue weighted by molar-refractivity contribution is 7.80. The average molecular weight is 423 g/mol. The Kier molecular flexibility index (Phi) is 6.30. The van der Waals surface area contributed by atoms with Gasteiger partial charge in [-0.05, 0) is 67.7 Å². The molecule has 4 rings (SSSR count). The number of nitrogens with zero attached hydrogens (tertiary/aromatic N) is 3. The van der Waals surface area contributed by atoms with Gasteiger partial charge >= 0.3 is 0 Å². The fraction of sp³-hybridized carbons (Fsp3) is 0.304. The van der Waals surface area contributed by atoms with E-state index in [0.29, 0.717) is 24.9 Å². The van der Waals surface area contributed by atoms with Gasteiger partial charge in [0.1, 0.15) is 5.75 Å². The van der Waals surface area contributed by atoms with E-state index in [-0.39, 0.29) is 12.1 Å². The van der Waals surface area contributed by atoms with Crippen molar-refractivity contribution in [1.82, 2.24) is 19.8 Å². The summed E-state index contributed by atoms with van der Waals surface area (Å²) in [5, 5.41) is 4.19. The first kappa shape index (κ1) is 20.4. The maximum Gasteiger partial charge on any atom is 0.170 e. The molecule has 1 aliphatic rings. The fourth-order valence-electron chi connectivity index (χ4n) is 3.90. The SMILES string of the molecule is CCOc1ccc(-n2cccc2C2C(c3ccccn3)NC(=S)N2CCOC)cc1. The average Bonchev–Trinajstić information content (AvgIpc) is 3.38. The van der Waals surface area contributed by atoms with Gasteiger partial charge in [-0.2, -0.15) is 0 Å². The van der Waals surface area contributed by atoms with Crippen LogP contribution in [0, 0.1) is 0 Å². The van der Waals surface area contributed by atoms with E-state index in [4.69, 9.17) is 21.7 Å². The number of thiocarbonyl (C=S) groups is 1. The van der Waals surface area contributed by atoms with Gasteiger partial charge in [-0.3, -0.25) is 4.98 Å². The molecule has 1 saturated heterocycles. The summed E-state index contributed by atoms with van der Waals surface area (Å²) in [6.45, 7) is 3.93. The van der Waals surface area contributed by atoms with E-state index < -0.39 is 0 Å². The zero-order chi connectivity index (χ0) is 20.9. The number of nitrogens with one attached hydrogen (secondary N) is 1. The Morgan fingerprint density at radius 1 is 1.10 bits per heavy atom. The lowest BCUT2D eigenvalue weighted by atomic mass is 10.0. The molecular formula is C23H26N4O2S. The van der Waals surface area contributed by atoms with Crippen molar-refractivity contribution >= 4 is 17.3 Å². The lowest BCUT2D eigenvalue weighted by Crippen LogP contribution is -2.33. The molecular weight excluding hydrogens is 396 g/mol. The molecule has 0 amide bonds. The quantitative estimate of drug-likeness (QED) is 0.556. The Morgan fingerprint density at radius 2 is 1.93 bits per heavy atom. The summed E-state index contributed by atoms with van der Waals surface area (Å²) in [7, 11) is 1.71. The monoisotopic (exact) mass is 422 g/mol. The normalized spacial score (nSPS) is 18.5. The smallest absolute Gasteiger partial charge is 0.170 e. The van der Waals surface area contributed by atoms with Crippen molar-refractivity contribution in [1.29, 1.82) is 0 Å². The van der Waals surface area contributed by atoms with Crippen LogP contribution in [0.4, 0.5) is 0 Å². The first-order valence-electron chi connectivity index (χ1n) is 10.1. The lowest BCUT2D eigenvalue weighted by Gasteiger charge is -2.28. The summed E-state index contributed by atoms with van der Waals surface area (Å²) >= 11 is 5.69. The van der Waals surface area contributed by atoms with Crippen molar-refractivity contribution in [2.24, 2.45) is 0 Å². The molecule has 0 spiro atoms. The molecule has 3 heterocycles. The molecule has 3 aromatic rings. The molecule has 6 nitrogen and oxygen atoms in total. The summed E-state index contributed by atoms with van der Waals surface area (Å²) in [5.74, 6) is 0.867. The van der Waals surface area contributed by atoms with Crippen LogP contribution in [0.25, 0.3) is 5.69 Å². The van der Waals surface area contributed by atoms with Gasteiger partial charge in [0, 0.05) is 37.4 Å². The molecule has 2 aromatic heterocycles. The third-order valence-corrected chi connectivity index (χ3v) is 5.60. The van der Waals surface area contributed by atoms with Crippen molar-refractivity contribution in [3.8, 4) is 11.4 Å². The third-order valence-electron chi connectivity index (χ3n) is 5.24. The first-order chi connectivity index (χ1) is 14.7. The zero-order valence-corrected chi connectivity index (χ0v) is 18.0. The van der Waals surface area contributed by atoms with E-state index in [9.17, 15) is 0 Å². The van der Waals surface area contributed by atoms with Crippen LogP contribution in [-0.4, -0.2) is 46.4 Å². The highest BCUT2D eigenvalue weighted by Gasteiger charge is 2.41. The molecule has 1 aromatic carbocycles. The van der Waals surface area contributed by atoms with Crippen molar-refractivity contribution in [2.45, 2.75) is 19.0 Å². The number of methoxy groups -OCH3 is 1. The standard InChI is InChI=1S/C23H26N4O2S/c1-3-29-18-11-9-17(10-12-18)26-14-6-8-20(26)22-21(19-7-4-5-13-24-19)25-23(30)27(22)15-16-28-2/h4-14,21-22H,3,15-16H2,1-2H3,(H,25,30). The van der Waals surface area contributed by atoms with Gasteiger partial charge in [0.05, 0.1) is 31.0 Å². The zero-order valence-electron chi connectivity index (χ0n) is 17.2. The Morgan fingerprint density at radius 3 is 2.63 bits per heavy atom. The summed E-state index contributed by atoms with van der Waals surface area (Å²) in [6.07, 6.45) is 3.90. The number of rotatable bonds is 8. The number of aromatic nitrogens is 2. The Balaban J connectivity index is 1.73. The molecule has 156 valence electrons. The van der Waals surface area contributed by atoms with E-state index in [1.54, 1.807) is 7.11 Å². The van der Waals surface area contributed by atoms with Crippen LogP contribution in [0.15, 0.2) is 67.0 Å². The van der Waals surface area contributed by atoms with E-state index in [2.05, 4.69) is 50.2 Å². The van der Waals surface area contributed by atoms with Crippen molar-refractivity contribution in [3.63, 3.8) is 0 Å². The van der Waals surface area contributed by atoms with E-state index in [1.165, 1.54) is 0 Å². The molecule has 30 heavy (non-hydrogen) atoms. The van der Waals surface area contributed by atoms with Crippen molar-refractivity contribution in [3.05, 3.63) is 78.4 Å². The third kappa shape index (κ3) is 4.04. The van der Waals surface area contributed by atoms with Gasteiger partial charge in [-0.1, -0.05) is 6.07 Å². The molecule has 0 radical (unpaired) electrons. The second-order valence-electron chi connectivity index (χ2n) is 7.04. The van der Waals surface area contributed by atoms with Gasteiger partial charge in [-0.15, -0.1) is 0 Å². The maximum absolute atomic E-state index is 5.69. The van der Waals surface area contributed by atoms with Crippen LogP contribution in [0.3, 0.4) is 0 Å². The maximum atomic E-state index is 5.69. The van der Waals surface area contributed by atoms with Crippen molar-refractivity contribution < 1.29 is 9.47 Å². The van der Waals surface area contributed by atoms with Crippen LogP contribution < -0.4 is 10.1 Å². The fourth-order valence-corrected chi connectivity index (χ4v) is 4.23. The number of pyridine rings is 1. The van der Waals surface area contributed by atoms with Gasteiger partial charge in [0.25, 0.3) is 0 Å². The molecule has 0 bridgehead atoms. The highest BCUT2D eigenvalue weighted by atomic mass is 32.1. The van der Waals surface area contributed by atoms with E-state index in [0.717, 1.165) is 22.8 Å². The molecule has 1 N–H and O–H groups in total. The predicted molar refractivity (Wildman–Crippen MR) is 121 cm³/mol. The molecule has 2 atom stereocenters. The topological polar surface area (TPSA) is 51.5 Å². The van der Waals surface area contributed by atoms with Gasteiger partial charge in [0.2, 0.25) is 0 Å². The number of hydrogen-bond acceptors (Lipinski definition) is 4. The molecule has 0 aliphatic carbocycles. The number of hydrogen-bond donors (Lipinski definition) is 1. The lowest BCUT2D eigenvalue weighted by molar-refractivity contribution is 0.163. The summed E-state index contributed by atoms with van der Waals surface area (Å²) in [6, 6.07) is 18.3. The number of benzene rings is 1. The van der Waals surface area contributed by atoms with Crippen molar-refractivity contribution in [2.75, 3.05) is 26.9 Å². The molecule has 2 unspecified atom stereocenters. The molecule has 0 saturated carbocycles. The summed E-state index contributed by atoms with van der Waals surface area (Å²) < 4.78 is 13.1. The van der Waals surface area contributed by atoms with E-state index in [1.807, 2.05) is 43.5 Å². The minimum atomic E-state index is -0.0492. The predicted octanol–water partition coefficient (Wildman–Crippen LogP) is 3.89. The van der Waals surface area contributed by atoms with Crippen LogP contribution in [0.5, 0.6) is 5.75 Å². The molecule has 1 aliphatic heterocycles. The van der Waals surface area contributed by atoms with Crippen LogP contribution in [-0.2, 0) is 4.74 Å². The Bertz CT molecular complexity index is 974. The molecule has 1 fully saturated rings. The molecule has 7 heteroatoms. The Hall–Kier alpha value is -2.90. The van der Waals surface area contributed by atoms with Crippen LogP contribution in [0.2, 0.25) is 0 Å². The van der Waals surface area contributed by atoms with Crippen LogP contribution >= 0.6 is 12.2 Å². The number of ether oxygens (including phenoxy) is 2. The Labute approximate surface area is 182 Å². The van der Waals surface area contributed by atoms with E-state index >= 15 is 0 Å². The highest BCUT2D eigenvalue weighted by Crippen LogP contribution is 2.39. The second kappa shape index (κ2) is 9.28. The van der Waals surface area contributed by atoms with Crippen LogP contribution in [0.1, 0.15) is 30.4 Å². The largest absolute Gasteiger partial charge is 0.494 e. The van der Waals surface area contributed by atoms with Gasteiger partial charge < -0.3 is 24.3 Å². The minimum Gasteiger partial charge on any atom is -0.494 e.